The first-order valence-corrected chi connectivity index (χ1v) is 5.75. The van der Waals surface area contributed by atoms with Crippen LogP contribution in [0.3, 0.4) is 0 Å². The molecule has 16 heavy (non-hydrogen) atoms. The molecule has 1 rings (SSSR count). The van der Waals surface area contributed by atoms with E-state index in [0.29, 0.717) is 5.56 Å². The van der Waals surface area contributed by atoms with E-state index in [2.05, 4.69) is 11.8 Å². The van der Waals surface area contributed by atoms with Gasteiger partial charge in [-0.05, 0) is 31.5 Å². The van der Waals surface area contributed by atoms with Crippen molar-refractivity contribution < 1.29 is 9.50 Å². The zero-order chi connectivity index (χ0) is 12.1. The molecule has 0 spiro atoms. The van der Waals surface area contributed by atoms with E-state index in [0.717, 1.165) is 25.1 Å². The van der Waals surface area contributed by atoms with Crippen LogP contribution in [0.2, 0.25) is 0 Å². The minimum Gasteiger partial charge on any atom is -0.389 e. The lowest BCUT2D eigenvalue weighted by molar-refractivity contribution is 0.199. The highest BCUT2D eigenvalue weighted by atomic mass is 19.1. The number of unbranched alkanes of at least 4 members (excludes halogenated alkanes) is 1. The highest BCUT2D eigenvalue weighted by Gasteiger charge is 2.12. The summed E-state index contributed by atoms with van der Waals surface area (Å²) in [5.74, 6) is -0.302. The van der Waals surface area contributed by atoms with E-state index < -0.39 is 6.10 Å². The van der Waals surface area contributed by atoms with Gasteiger partial charge >= 0.3 is 0 Å². The van der Waals surface area contributed by atoms with Crippen molar-refractivity contribution in [3.05, 3.63) is 29.6 Å². The summed E-state index contributed by atoms with van der Waals surface area (Å²) in [6, 6.07) is 4.57. The van der Waals surface area contributed by atoms with E-state index in [1.807, 2.05) is 7.05 Å². The molecule has 1 aromatic carbocycles. The molecule has 0 amide bonds. The van der Waals surface area contributed by atoms with Gasteiger partial charge in [0.05, 0.1) is 6.10 Å². The largest absolute Gasteiger partial charge is 0.389 e. The Balaban J connectivity index is 2.93. The summed E-state index contributed by atoms with van der Waals surface area (Å²) in [7, 11) is 1.97. The van der Waals surface area contributed by atoms with Crippen LogP contribution in [0.25, 0.3) is 0 Å². The number of hydrogen-bond acceptors (Lipinski definition) is 2. The average molecular weight is 225 g/mol. The molecule has 1 unspecified atom stereocenters. The van der Waals surface area contributed by atoms with Crippen LogP contribution in [0.4, 0.5) is 10.1 Å². The fourth-order valence-electron chi connectivity index (χ4n) is 1.72. The molecule has 1 aromatic rings. The summed E-state index contributed by atoms with van der Waals surface area (Å²) < 4.78 is 13.1. The van der Waals surface area contributed by atoms with Crippen LogP contribution >= 0.6 is 0 Å². The van der Waals surface area contributed by atoms with Crippen molar-refractivity contribution in [2.45, 2.75) is 32.8 Å². The number of aliphatic hydroxyl groups is 1. The molecule has 3 heteroatoms. The van der Waals surface area contributed by atoms with Crippen LogP contribution < -0.4 is 4.90 Å². The van der Waals surface area contributed by atoms with Gasteiger partial charge in [0.2, 0.25) is 0 Å². The topological polar surface area (TPSA) is 23.5 Å². The first-order chi connectivity index (χ1) is 7.56. The Morgan fingerprint density at radius 3 is 2.69 bits per heavy atom. The first kappa shape index (κ1) is 13.0. The summed E-state index contributed by atoms with van der Waals surface area (Å²) in [5, 5.41) is 9.61. The number of halogens is 1. The second kappa shape index (κ2) is 5.85. The highest BCUT2D eigenvalue weighted by molar-refractivity contribution is 5.54. The molecule has 0 saturated carbocycles. The predicted octanol–water partition coefficient (Wildman–Crippen LogP) is 3.12. The molecule has 0 saturated heterocycles. The fourth-order valence-corrected chi connectivity index (χ4v) is 1.72. The van der Waals surface area contributed by atoms with E-state index >= 15 is 0 Å². The van der Waals surface area contributed by atoms with E-state index in [4.69, 9.17) is 0 Å². The Kier molecular flexibility index (Phi) is 4.74. The van der Waals surface area contributed by atoms with Crippen molar-refractivity contribution in [3.8, 4) is 0 Å². The van der Waals surface area contributed by atoms with Gasteiger partial charge in [-0.2, -0.15) is 0 Å². The molecular formula is C13H20FNO. The first-order valence-electron chi connectivity index (χ1n) is 5.75. The Bertz CT molecular complexity index is 339. The van der Waals surface area contributed by atoms with Crippen molar-refractivity contribution in [1.82, 2.24) is 0 Å². The lowest BCUT2D eigenvalue weighted by Gasteiger charge is -2.23. The quantitative estimate of drug-likeness (QED) is 0.832. The van der Waals surface area contributed by atoms with Crippen LogP contribution in [-0.2, 0) is 0 Å². The number of hydrogen-bond donors (Lipinski definition) is 1. The molecule has 0 aromatic heterocycles. The summed E-state index contributed by atoms with van der Waals surface area (Å²) in [6.45, 7) is 4.71. The second-order valence-electron chi connectivity index (χ2n) is 4.15. The van der Waals surface area contributed by atoms with Crippen LogP contribution in [0.5, 0.6) is 0 Å². The molecule has 0 bridgehead atoms. The number of nitrogens with zero attached hydrogens (tertiary/aromatic N) is 1. The molecule has 0 heterocycles. The lowest BCUT2D eigenvalue weighted by Crippen LogP contribution is -2.20. The van der Waals surface area contributed by atoms with Crippen LogP contribution in [0.1, 0.15) is 38.4 Å². The summed E-state index contributed by atoms with van der Waals surface area (Å²) in [6.07, 6.45) is 1.57. The summed E-state index contributed by atoms with van der Waals surface area (Å²) in [4.78, 5) is 2.06. The third kappa shape index (κ3) is 3.20. The zero-order valence-corrected chi connectivity index (χ0v) is 10.2. The lowest BCUT2D eigenvalue weighted by atomic mass is 10.1. The van der Waals surface area contributed by atoms with Crippen molar-refractivity contribution in [2.24, 2.45) is 0 Å². The van der Waals surface area contributed by atoms with Crippen LogP contribution in [-0.4, -0.2) is 18.7 Å². The average Bonchev–Trinajstić information content (AvgIpc) is 2.25. The molecule has 0 aliphatic carbocycles. The SMILES string of the molecule is CCCCN(C)c1ccc(F)cc1C(C)O. The van der Waals surface area contributed by atoms with E-state index in [1.54, 1.807) is 13.0 Å². The molecular weight excluding hydrogens is 205 g/mol. The van der Waals surface area contributed by atoms with Gasteiger partial charge in [-0.25, -0.2) is 4.39 Å². The Hall–Kier alpha value is -1.09. The third-order valence-corrected chi connectivity index (χ3v) is 2.70. The third-order valence-electron chi connectivity index (χ3n) is 2.70. The molecule has 0 fully saturated rings. The molecule has 90 valence electrons. The van der Waals surface area contributed by atoms with Gasteiger partial charge in [-0.1, -0.05) is 13.3 Å². The van der Waals surface area contributed by atoms with Gasteiger partial charge in [0.1, 0.15) is 5.82 Å². The second-order valence-corrected chi connectivity index (χ2v) is 4.15. The van der Waals surface area contributed by atoms with Crippen molar-refractivity contribution in [2.75, 3.05) is 18.5 Å². The summed E-state index contributed by atoms with van der Waals surface area (Å²) in [5.41, 5.74) is 1.56. The molecule has 2 nitrogen and oxygen atoms in total. The minimum absolute atomic E-state index is 0.302. The molecule has 1 N–H and O–H groups in total. The van der Waals surface area contributed by atoms with Gasteiger partial charge in [0, 0.05) is 24.8 Å². The summed E-state index contributed by atoms with van der Waals surface area (Å²) >= 11 is 0. The highest BCUT2D eigenvalue weighted by Crippen LogP contribution is 2.26. The maximum absolute atomic E-state index is 13.1. The minimum atomic E-state index is -0.644. The van der Waals surface area contributed by atoms with Gasteiger partial charge in [0.25, 0.3) is 0 Å². The smallest absolute Gasteiger partial charge is 0.123 e. The van der Waals surface area contributed by atoms with E-state index in [1.165, 1.54) is 12.1 Å². The predicted molar refractivity (Wildman–Crippen MR) is 65.2 cm³/mol. The zero-order valence-electron chi connectivity index (χ0n) is 10.2. The maximum Gasteiger partial charge on any atom is 0.123 e. The van der Waals surface area contributed by atoms with Crippen molar-refractivity contribution in [1.29, 1.82) is 0 Å². The van der Waals surface area contributed by atoms with Crippen molar-refractivity contribution in [3.63, 3.8) is 0 Å². The molecule has 0 aliphatic heterocycles. The molecule has 1 atom stereocenters. The number of benzene rings is 1. The Morgan fingerprint density at radius 2 is 2.12 bits per heavy atom. The van der Waals surface area contributed by atoms with E-state index in [-0.39, 0.29) is 5.82 Å². The van der Waals surface area contributed by atoms with Crippen molar-refractivity contribution >= 4 is 5.69 Å². The van der Waals surface area contributed by atoms with Crippen LogP contribution in [0, 0.1) is 5.82 Å². The monoisotopic (exact) mass is 225 g/mol. The number of aliphatic hydroxyl groups excluding tert-OH is 1. The molecule has 0 aliphatic rings. The van der Waals surface area contributed by atoms with Gasteiger partial charge in [-0.3, -0.25) is 0 Å². The maximum atomic E-state index is 13.1. The number of rotatable bonds is 5. The van der Waals surface area contributed by atoms with E-state index in [9.17, 15) is 9.50 Å². The standard InChI is InChI=1S/C13H20FNO/c1-4-5-8-15(3)13-7-6-11(14)9-12(13)10(2)16/h6-7,9-10,16H,4-5,8H2,1-3H3. The van der Waals surface area contributed by atoms with Crippen LogP contribution in [0.15, 0.2) is 18.2 Å². The number of anilines is 1. The normalized spacial score (nSPS) is 12.6. The Morgan fingerprint density at radius 1 is 1.44 bits per heavy atom. The Labute approximate surface area is 96.7 Å². The van der Waals surface area contributed by atoms with Gasteiger partial charge in [-0.15, -0.1) is 0 Å². The van der Waals surface area contributed by atoms with Gasteiger partial charge < -0.3 is 10.0 Å². The molecule has 0 radical (unpaired) electrons. The van der Waals surface area contributed by atoms with Gasteiger partial charge in [0.15, 0.2) is 0 Å². The fraction of sp³-hybridized carbons (Fsp3) is 0.538.